The van der Waals surface area contributed by atoms with Gasteiger partial charge in [-0.3, -0.25) is 15.9 Å². The molecule has 0 atom stereocenters. The second-order valence-electron chi connectivity index (χ2n) is 4.46. The van der Waals surface area contributed by atoms with Gasteiger partial charge in [-0.25, -0.2) is 0 Å². The lowest BCUT2D eigenvalue weighted by atomic mass is 10.2. The average molecular weight is 260 g/mol. The maximum atomic E-state index is 11.7. The molecule has 0 fully saturated rings. The molecule has 6 heteroatoms. The molecule has 0 aliphatic rings. The van der Waals surface area contributed by atoms with E-state index in [0.29, 0.717) is 0 Å². The predicted molar refractivity (Wildman–Crippen MR) is 67.6 cm³/mol. The Morgan fingerprint density at radius 2 is 1.47 bits per heavy atom. The van der Waals surface area contributed by atoms with Crippen molar-refractivity contribution in [2.24, 2.45) is 11.7 Å². The van der Waals surface area contributed by atoms with Crippen molar-refractivity contribution in [3.05, 3.63) is 29.8 Å². The third-order valence-corrected chi connectivity index (χ3v) is 3.24. The summed E-state index contributed by atoms with van der Waals surface area (Å²) in [5, 5.41) is 0. The molecule has 0 aliphatic carbocycles. The van der Waals surface area contributed by atoms with E-state index >= 15 is 0 Å². The van der Waals surface area contributed by atoms with Gasteiger partial charge in [0.05, 0.1) is 10.5 Å². The molecule has 0 heterocycles. The smallest absolute Gasteiger partial charge is 0.274 e. The first-order chi connectivity index (χ1) is 7.71. The molecule has 0 radical (unpaired) electrons. The lowest BCUT2D eigenvalue weighted by molar-refractivity contribution is 0.139. The van der Waals surface area contributed by atoms with Crippen LogP contribution in [0.15, 0.2) is 29.2 Å². The molecule has 5 nitrogen and oxygen atoms in total. The number of rotatable bonds is 2. The minimum atomic E-state index is -3.63. The topological polar surface area (TPSA) is 95.4 Å². The lowest BCUT2D eigenvalue weighted by Gasteiger charge is -2.18. The molecule has 17 heavy (non-hydrogen) atoms. The lowest BCUT2D eigenvalue weighted by Crippen LogP contribution is -2.24. The van der Waals surface area contributed by atoms with Gasteiger partial charge in [0.25, 0.3) is 10.1 Å². The normalized spacial score (nSPS) is 11.6. The van der Waals surface area contributed by atoms with Crippen LogP contribution in [0.3, 0.4) is 0 Å². The number of hydrogen-bond donors (Lipinski definition) is 2. The highest BCUT2D eigenvalue weighted by Gasteiger charge is 2.23. The SMILES string of the molecule is Cc1ccc(S(=O)(=O)OC(C)(C)C)cc1.NN. The van der Waals surface area contributed by atoms with Crippen LogP contribution in [-0.4, -0.2) is 14.0 Å². The first-order valence-electron chi connectivity index (χ1n) is 5.06. The zero-order chi connectivity index (χ0) is 13.7. The third-order valence-electron chi connectivity index (χ3n) is 1.67. The van der Waals surface area contributed by atoms with E-state index in [-0.39, 0.29) is 4.90 Å². The van der Waals surface area contributed by atoms with Crippen LogP contribution < -0.4 is 11.7 Å². The number of hydrogen-bond acceptors (Lipinski definition) is 5. The fourth-order valence-corrected chi connectivity index (χ4v) is 2.31. The van der Waals surface area contributed by atoms with Gasteiger partial charge in [0.1, 0.15) is 0 Å². The second-order valence-corrected chi connectivity index (χ2v) is 6.01. The summed E-state index contributed by atoms with van der Waals surface area (Å²) >= 11 is 0. The van der Waals surface area contributed by atoms with Gasteiger partial charge in [-0.15, -0.1) is 0 Å². The summed E-state index contributed by atoms with van der Waals surface area (Å²) in [6.07, 6.45) is 0. The summed E-state index contributed by atoms with van der Waals surface area (Å²) < 4.78 is 28.5. The minimum absolute atomic E-state index is 0.197. The third kappa shape index (κ3) is 5.78. The van der Waals surface area contributed by atoms with Crippen LogP contribution in [0, 0.1) is 6.92 Å². The summed E-state index contributed by atoms with van der Waals surface area (Å²) in [6, 6.07) is 6.60. The molecule has 1 aromatic rings. The zero-order valence-electron chi connectivity index (χ0n) is 10.6. The van der Waals surface area contributed by atoms with Crippen molar-refractivity contribution in [3.8, 4) is 0 Å². The fraction of sp³-hybridized carbons (Fsp3) is 0.455. The molecule has 0 aromatic heterocycles. The molecule has 0 saturated carbocycles. The Labute approximate surface area is 103 Å². The zero-order valence-corrected chi connectivity index (χ0v) is 11.4. The Morgan fingerprint density at radius 1 is 1.06 bits per heavy atom. The monoisotopic (exact) mass is 260 g/mol. The summed E-state index contributed by atoms with van der Waals surface area (Å²) in [5.74, 6) is 8.00. The Balaban J connectivity index is 0.00000121. The fourth-order valence-electron chi connectivity index (χ4n) is 1.08. The molecular weight excluding hydrogens is 240 g/mol. The summed E-state index contributed by atoms with van der Waals surface area (Å²) in [6.45, 7) is 7.03. The van der Waals surface area contributed by atoms with Gasteiger partial charge < -0.3 is 0 Å². The van der Waals surface area contributed by atoms with Gasteiger partial charge in [-0.05, 0) is 39.8 Å². The van der Waals surface area contributed by atoms with Gasteiger partial charge in [-0.1, -0.05) is 17.7 Å². The number of nitrogens with two attached hydrogens (primary N) is 2. The first-order valence-corrected chi connectivity index (χ1v) is 6.47. The highest BCUT2D eigenvalue weighted by molar-refractivity contribution is 7.86. The Hall–Kier alpha value is -0.950. The van der Waals surface area contributed by atoms with Crippen molar-refractivity contribution in [1.82, 2.24) is 0 Å². The van der Waals surface area contributed by atoms with E-state index in [0.717, 1.165) is 5.56 Å². The van der Waals surface area contributed by atoms with Crippen molar-refractivity contribution in [3.63, 3.8) is 0 Å². The molecule has 98 valence electrons. The molecule has 0 bridgehead atoms. The van der Waals surface area contributed by atoms with Crippen LogP contribution in [0.5, 0.6) is 0 Å². The van der Waals surface area contributed by atoms with Crippen molar-refractivity contribution in [2.45, 2.75) is 38.2 Å². The Morgan fingerprint density at radius 3 is 1.82 bits per heavy atom. The van der Waals surface area contributed by atoms with Crippen LogP contribution in [0.1, 0.15) is 26.3 Å². The average Bonchev–Trinajstić information content (AvgIpc) is 2.18. The van der Waals surface area contributed by atoms with Gasteiger partial charge in [0.15, 0.2) is 0 Å². The van der Waals surface area contributed by atoms with Gasteiger partial charge in [-0.2, -0.15) is 8.42 Å². The minimum Gasteiger partial charge on any atom is -0.274 e. The number of aryl methyl sites for hydroxylation is 1. The highest BCUT2D eigenvalue weighted by Crippen LogP contribution is 2.19. The van der Waals surface area contributed by atoms with Crippen LogP contribution in [0.2, 0.25) is 0 Å². The van der Waals surface area contributed by atoms with Gasteiger partial charge in [0, 0.05) is 0 Å². The maximum Gasteiger partial charge on any atom is 0.297 e. The summed E-state index contributed by atoms with van der Waals surface area (Å²) in [4.78, 5) is 0.197. The molecule has 4 N–H and O–H groups in total. The van der Waals surface area contributed by atoms with E-state index in [4.69, 9.17) is 4.18 Å². The van der Waals surface area contributed by atoms with Crippen molar-refractivity contribution in [1.29, 1.82) is 0 Å². The Bertz CT molecular complexity index is 433. The van der Waals surface area contributed by atoms with E-state index in [1.54, 1.807) is 45.0 Å². The molecule has 1 rings (SSSR count). The molecular formula is C11H20N2O3S. The van der Waals surface area contributed by atoms with E-state index in [9.17, 15) is 8.42 Å². The van der Waals surface area contributed by atoms with E-state index < -0.39 is 15.7 Å². The predicted octanol–water partition coefficient (Wildman–Crippen LogP) is 1.32. The standard InChI is InChI=1S/C11H16O3S.H4N2/c1-9-5-7-10(8-6-9)15(12,13)14-11(2,3)4;1-2/h5-8H,1-4H3;1-2H2. The first kappa shape index (κ1) is 16.1. The molecule has 0 amide bonds. The van der Waals surface area contributed by atoms with Crippen LogP contribution in [-0.2, 0) is 14.3 Å². The van der Waals surface area contributed by atoms with Gasteiger partial charge >= 0.3 is 0 Å². The summed E-state index contributed by atoms with van der Waals surface area (Å²) in [5.41, 5.74) is 0.314. The van der Waals surface area contributed by atoms with Crippen molar-refractivity contribution < 1.29 is 12.6 Å². The van der Waals surface area contributed by atoms with Crippen LogP contribution in [0.25, 0.3) is 0 Å². The molecule has 0 aliphatic heterocycles. The number of benzene rings is 1. The van der Waals surface area contributed by atoms with Crippen LogP contribution in [0.4, 0.5) is 0 Å². The Kier molecular flexibility index (Phi) is 5.77. The largest absolute Gasteiger partial charge is 0.297 e. The molecule has 0 spiro atoms. The highest BCUT2D eigenvalue weighted by atomic mass is 32.2. The maximum absolute atomic E-state index is 11.7. The van der Waals surface area contributed by atoms with Crippen LogP contribution >= 0.6 is 0 Å². The second kappa shape index (κ2) is 6.11. The van der Waals surface area contributed by atoms with Crippen molar-refractivity contribution in [2.75, 3.05) is 0 Å². The van der Waals surface area contributed by atoms with Crippen molar-refractivity contribution >= 4 is 10.1 Å². The molecule has 0 unspecified atom stereocenters. The van der Waals surface area contributed by atoms with E-state index in [2.05, 4.69) is 11.7 Å². The van der Waals surface area contributed by atoms with E-state index in [1.807, 2.05) is 6.92 Å². The van der Waals surface area contributed by atoms with E-state index in [1.165, 1.54) is 0 Å². The molecule has 0 saturated heterocycles. The summed E-state index contributed by atoms with van der Waals surface area (Å²) in [7, 11) is -3.63. The number of hydrazine groups is 1. The quantitative estimate of drug-likeness (QED) is 0.475. The molecule has 1 aromatic carbocycles. The van der Waals surface area contributed by atoms with Gasteiger partial charge in [0.2, 0.25) is 0 Å².